The molecule has 5 heteroatoms. The molecule has 0 aromatic carbocycles. The zero-order valence-electron chi connectivity index (χ0n) is 7.12. The molecular weight excluding hydrogens is 208 g/mol. The van der Waals surface area contributed by atoms with E-state index < -0.39 is 0 Å². The SMILES string of the molecule is O=C(CCCCl)NCc1cncs1. The third-order valence-electron chi connectivity index (χ3n) is 1.48. The number of halogens is 1. The number of nitrogens with one attached hydrogen (secondary N) is 1. The first-order valence-corrected chi connectivity index (χ1v) is 5.44. The average Bonchev–Trinajstić information content (AvgIpc) is 2.64. The Morgan fingerprint density at radius 2 is 2.54 bits per heavy atom. The van der Waals surface area contributed by atoms with Crippen molar-refractivity contribution < 1.29 is 4.79 Å². The van der Waals surface area contributed by atoms with Gasteiger partial charge in [-0.2, -0.15) is 0 Å². The number of amides is 1. The van der Waals surface area contributed by atoms with Crippen LogP contribution in [0.15, 0.2) is 11.7 Å². The smallest absolute Gasteiger partial charge is 0.220 e. The van der Waals surface area contributed by atoms with Crippen molar-refractivity contribution in [2.45, 2.75) is 19.4 Å². The number of carbonyl (C=O) groups is 1. The number of alkyl halides is 1. The lowest BCUT2D eigenvalue weighted by Crippen LogP contribution is -2.21. The van der Waals surface area contributed by atoms with Crippen molar-refractivity contribution in [2.75, 3.05) is 5.88 Å². The van der Waals surface area contributed by atoms with Gasteiger partial charge in [-0.1, -0.05) is 0 Å². The summed E-state index contributed by atoms with van der Waals surface area (Å²) in [4.78, 5) is 16.1. The lowest BCUT2D eigenvalue weighted by atomic mass is 10.3. The molecule has 1 amide bonds. The third kappa shape index (κ3) is 4.24. The summed E-state index contributed by atoms with van der Waals surface area (Å²) in [6, 6.07) is 0. The first kappa shape index (κ1) is 10.5. The Hall–Kier alpha value is -0.610. The van der Waals surface area contributed by atoms with E-state index in [1.807, 2.05) is 0 Å². The first-order valence-electron chi connectivity index (χ1n) is 4.03. The van der Waals surface area contributed by atoms with Crippen LogP contribution in [0.1, 0.15) is 17.7 Å². The molecule has 0 spiro atoms. The predicted molar refractivity (Wildman–Crippen MR) is 53.9 cm³/mol. The second-order valence-corrected chi connectivity index (χ2v) is 3.89. The summed E-state index contributed by atoms with van der Waals surface area (Å²) < 4.78 is 0. The van der Waals surface area contributed by atoms with Gasteiger partial charge in [-0.3, -0.25) is 9.78 Å². The molecule has 0 aliphatic carbocycles. The first-order chi connectivity index (χ1) is 6.33. The van der Waals surface area contributed by atoms with E-state index in [-0.39, 0.29) is 5.91 Å². The van der Waals surface area contributed by atoms with Crippen LogP contribution in [0.25, 0.3) is 0 Å². The highest BCUT2D eigenvalue weighted by Crippen LogP contribution is 2.04. The van der Waals surface area contributed by atoms with E-state index in [1.165, 1.54) is 11.3 Å². The summed E-state index contributed by atoms with van der Waals surface area (Å²) in [6.45, 7) is 0.575. The molecule has 0 atom stereocenters. The number of nitrogens with zero attached hydrogens (tertiary/aromatic N) is 1. The fraction of sp³-hybridized carbons (Fsp3) is 0.500. The van der Waals surface area contributed by atoms with Crippen LogP contribution in [0.2, 0.25) is 0 Å². The van der Waals surface area contributed by atoms with Crippen LogP contribution in [0, 0.1) is 0 Å². The van der Waals surface area contributed by atoms with E-state index in [4.69, 9.17) is 11.6 Å². The van der Waals surface area contributed by atoms with E-state index >= 15 is 0 Å². The summed E-state index contributed by atoms with van der Waals surface area (Å²) in [5.41, 5.74) is 1.75. The van der Waals surface area contributed by atoms with Crippen LogP contribution in [0.5, 0.6) is 0 Å². The van der Waals surface area contributed by atoms with Gasteiger partial charge in [0.05, 0.1) is 12.1 Å². The molecule has 0 aliphatic heterocycles. The van der Waals surface area contributed by atoms with E-state index in [1.54, 1.807) is 11.7 Å². The van der Waals surface area contributed by atoms with Crippen molar-refractivity contribution in [3.05, 3.63) is 16.6 Å². The van der Waals surface area contributed by atoms with Gasteiger partial charge in [0.1, 0.15) is 0 Å². The fourth-order valence-corrected chi connectivity index (χ4v) is 1.50. The zero-order valence-corrected chi connectivity index (χ0v) is 8.70. The lowest BCUT2D eigenvalue weighted by molar-refractivity contribution is -0.121. The quantitative estimate of drug-likeness (QED) is 0.766. The van der Waals surface area contributed by atoms with E-state index in [9.17, 15) is 4.79 Å². The summed E-state index contributed by atoms with van der Waals surface area (Å²) in [5.74, 6) is 0.586. The molecule has 1 aromatic rings. The highest BCUT2D eigenvalue weighted by Gasteiger charge is 2.00. The molecule has 0 saturated carbocycles. The highest BCUT2D eigenvalue weighted by atomic mass is 35.5. The van der Waals surface area contributed by atoms with E-state index in [2.05, 4.69) is 10.3 Å². The number of hydrogen-bond donors (Lipinski definition) is 1. The van der Waals surface area contributed by atoms with Crippen molar-refractivity contribution in [2.24, 2.45) is 0 Å². The Bertz CT molecular complexity index is 251. The normalized spacial score (nSPS) is 9.92. The Morgan fingerprint density at radius 1 is 1.69 bits per heavy atom. The van der Waals surface area contributed by atoms with Gasteiger partial charge in [0.25, 0.3) is 0 Å². The van der Waals surface area contributed by atoms with E-state index in [0.717, 1.165) is 11.3 Å². The summed E-state index contributed by atoms with van der Waals surface area (Å²) in [6.07, 6.45) is 2.99. The van der Waals surface area contributed by atoms with Crippen molar-refractivity contribution in [3.8, 4) is 0 Å². The molecule has 3 nitrogen and oxygen atoms in total. The minimum atomic E-state index is 0.0500. The van der Waals surface area contributed by atoms with Crippen LogP contribution in [-0.4, -0.2) is 16.8 Å². The third-order valence-corrected chi connectivity index (χ3v) is 2.53. The molecule has 1 aromatic heterocycles. The zero-order chi connectivity index (χ0) is 9.52. The molecular formula is C8H11ClN2OS. The summed E-state index contributed by atoms with van der Waals surface area (Å²) >= 11 is 6.99. The summed E-state index contributed by atoms with van der Waals surface area (Å²) in [5, 5.41) is 2.79. The van der Waals surface area contributed by atoms with Crippen LogP contribution < -0.4 is 5.32 Å². The van der Waals surface area contributed by atoms with Crippen molar-refractivity contribution in [3.63, 3.8) is 0 Å². The molecule has 0 radical (unpaired) electrons. The van der Waals surface area contributed by atoms with Crippen molar-refractivity contribution in [1.29, 1.82) is 0 Å². The average molecular weight is 219 g/mol. The monoisotopic (exact) mass is 218 g/mol. The predicted octanol–water partition coefficient (Wildman–Crippen LogP) is 1.78. The molecule has 1 heterocycles. The molecule has 1 rings (SSSR count). The number of thiazole rings is 1. The van der Waals surface area contributed by atoms with Gasteiger partial charge in [-0.05, 0) is 6.42 Å². The van der Waals surface area contributed by atoms with Crippen LogP contribution in [-0.2, 0) is 11.3 Å². The Labute approximate surface area is 86.1 Å². The van der Waals surface area contributed by atoms with Crippen LogP contribution in [0.4, 0.5) is 0 Å². The Balaban J connectivity index is 2.15. The van der Waals surface area contributed by atoms with Crippen LogP contribution >= 0.6 is 22.9 Å². The lowest BCUT2D eigenvalue weighted by Gasteiger charge is -2.01. The highest BCUT2D eigenvalue weighted by molar-refractivity contribution is 7.09. The maximum atomic E-state index is 11.1. The van der Waals surface area contributed by atoms with Gasteiger partial charge < -0.3 is 5.32 Å². The number of carbonyl (C=O) groups excluding carboxylic acids is 1. The maximum Gasteiger partial charge on any atom is 0.220 e. The fourth-order valence-electron chi connectivity index (χ4n) is 0.831. The molecule has 0 saturated heterocycles. The Kier molecular flexibility index (Phi) is 4.78. The van der Waals surface area contributed by atoms with Crippen molar-refractivity contribution >= 4 is 28.8 Å². The Morgan fingerprint density at radius 3 is 3.15 bits per heavy atom. The number of hydrogen-bond acceptors (Lipinski definition) is 3. The van der Waals surface area contributed by atoms with Gasteiger partial charge in [0, 0.05) is 23.4 Å². The van der Waals surface area contributed by atoms with Crippen LogP contribution in [0.3, 0.4) is 0 Å². The largest absolute Gasteiger partial charge is 0.351 e. The number of aromatic nitrogens is 1. The summed E-state index contributed by atoms with van der Waals surface area (Å²) in [7, 11) is 0. The minimum Gasteiger partial charge on any atom is -0.351 e. The second-order valence-electron chi connectivity index (χ2n) is 2.54. The second kappa shape index (κ2) is 5.94. The molecule has 72 valence electrons. The van der Waals surface area contributed by atoms with Crippen molar-refractivity contribution in [1.82, 2.24) is 10.3 Å². The van der Waals surface area contributed by atoms with Gasteiger partial charge >= 0.3 is 0 Å². The minimum absolute atomic E-state index is 0.0500. The van der Waals surface area contributed by atoms with Gasteiger partial charge in [0.15, 0.2) is 0 Å². The topological polar surface area (TPSA) is 42.0 Å². The standard InChI is InChI=1S/C8H11ClN2OS/c9-3-1-2-8(12)11-5-7-4-10-6-13-7/h4,6H,1-3,5H2,(H,11,12). The molecule has 0 unspecified atom stereocenters. The molecule has 0 aliphatic rings. The van der Waals surface area contributed by atoms with Gasteiger partial charge in [0.2, 0.25) is 5.91 Å². The maximum absolute atomic E-state index is 11.1. The van der Waals surface area contributed by atoms with Gasteiger partial charge in [-0.25, -0.2) is 0 Å². The molecule has 13 heavy (non-hydrogen) atoms. The molecule has 0 fully saturated rings. The molecule has 1 N–H and O–H groups in total. The number of rotatable bonds is 5. The van der Waals surface area contributed by atoms with Gasteiger partial charge in [-0.15, -0.1) is 22.9 Å². The van der Waals surface area contributed by atoms with E-state index in [0.29, 0.717) is 18.8 Å². The molecule has 0 bridgehead atoms.